The van der Waals surface area contributed by atoms with Crippen LogP contribution in [-0.4, -0.2) is 75.4 Å². The van der Waals surface area contributed by atoms with Crippen LogP contribution in [0, 0.1) is 5.82 Å². The number of aliphatic hydroxyl groups excluding tert-OH is 1. The molecule has 3 atom stereocenters. The van der Waals surface area contributed by atoms with E-state index >= 15 is 0 Å². The number of nitrogens with one attached hydrogen (secondary N) is 1. The molecule has 33 heavy (non-hydrogen) atoms. The molecule has 1 amide bonds. The van der Waals surface area contributed by atoms with Crippen molar-refractivity contribution in [2.24, 2.45) is 0 Å². The van der Waals surface area contributed by atoms with Gasteiger partial charge >= 0.3 is 0 Å². The van der Waals surface area contributed by atoms with E-state index in [9.17, 15) is 14.3 Å². The zero-order chi connectivity index (χ0) is 23.0. The fraction of sp³-hybridized carbons (Fsp3) is 0.625. The first kappa shape index (κ1) is 23.8. The number of nitrogens with zero attached hydrogens (tertiary/aromatic N) is 4. The molecule has 2 aliphatic rings. The lowest BCUT2D eigenvalue weighted by molar-refractivity contribution is -0.129. The van der Waals surface area contributed by atoms with Crippen molar-refractivity contribution in [1.82, 2.24) is 25.2 Å². The van der Waals surface area contributed by atoms with Crippen molar-refractivity contribution in [3.63, 3.8) is 0 Å². The van der Waals surface area contributed by atoms with Crippen molar-refractivity contribution in [3.05, 3.63) is 36.3 Å². The smallest absolute Gasteiger partial charge is 0.221 e. The van der Waals surface area contributed by atoms with Gasteiger partial charge in [-0.05, 0) is 57.3 Å². The SMILES string of the molecule is O=C(CCN1CCCCC1)N[C@H]1CC[C@@H](CCn2cc(-c3cccc(F)c3)nn2)O[C@@H]1CO. The molecule has 1 aromatic heterocycles. The van der Waals surface area contributed by atoms with E-state index in [1.54, 1.807) is 23.0 Å². The van der Waals surface area contributed by atoms with Gasteiger partial charge < -0.3 is 20.1 Å². The van der Waals surface area contributed by atoms with Crippen LogP contribution in [0.25, 0.3) is 11.3 Å². The predicted octanol–water partition coefficient (Wildman–Crippen LogP) is 2.38. The minimum absolute atomic E-state index is 0.0227. The van der Waals surface area contributed by atoms with E-state index in [0.717, 1.165) is 38.9 Å². The molecular weight excluding hydrogens is 425 g/mol. The fourth-order valence-electron chi connectivity index (χ4n) is 4.69. The minimum Gasteiger partial charge on any atom is -0.394 e. The van der Waals surface area contributed by atoms with E-state index < -0.39 is 6.10 Å². The zero-order valence-electron chi connectivity index (χ0n) is 19.0. The molecule has 0 saturated carbocycles. The average molecular weight is 460 g/mol. The van der Waals surface area contributed by atoms with Crippen LogP contribution in [0.15, 0.2) is 30.5 Å². The molecule has 4 rings (SSSR count). The van der Waals surface area contributed by atoms with Gasteiger partial charge in [0.15, 0.2) is 0 Å². The second kappa shape index (κ2) is 11.7. The van der Waals surface area contributed by atoms with Gasteiger partial charge in [-0.3, -0.25) is 9.48 Å². The van der Waals surface area contributed by atoms with Crippen LogP contribution in [0.4, 0.5) is 4.39 Å². The van der Waals surface area contributed by atoms with Crippen molar-refractivity contribution < 1.29 is 19.0 Å². The van der Waals surface area contributed by atoms with Crippen LogP contribution < -0.4 is 5.32 Å². The highest BCUT2D eigenvalue weighted by Crippen LogP contribution is 2.23. The Labute approximate surface area is 194 Å². The molecule has 2 fully saturated rings. The third kappa shape index (κ3) is 6.82. The second-order valence-corrected chi connectivity index (χ2v) is 9.05. The lowest BCUT2D eigenvalue weighted by atomic mass is 9.97. The van der Waals surface area contributed by atoms with E-state index in [-0.39, 0.29) is 30.5 Å². The fourth-order valence-corrected chi connectivity index (χ4v) is 4.69. The number of likely N-dealkylation sites (tertiary alicyclic amines) is 1. The molecule has 3 heterocycles. The van der Waals surface area contributed by atoms with Crippen molar-refractivity contribution in [3.8, 4) is 11.3 Å². The second-order valence-electron chi connectivity index (χ2n) is 9.05. The standard InChI is InChI=1S/C24H34FN5O3/c25-19-6-4-5-18(15-19)22-16-30(28-27-22)14-9-20-7-8-21(23(17-31)33-20)26-24(32)10-13-29-11-2-1-3-12-29/h4-6,15-16,20-21,23,31H,1-3,7-14,17H2,(H,26,32)/t20-,21-,23+/m0/s1. The van der Waals surface area contributed by atoms with Crippen LogP contribution in [0.1, 0.15) is 44.9 Å². The van der Waals surface area contributed by atoms with E-state index in [0.29, 0.717) is 24.2 Å². The Morgan fingerprint density at radius 1 is 1.21 bits per heavy atom. The number of amides is 1. The Morgan fingerprint density at radius 3 is 2.85 bits per heavy atom. The van der Waals surface area contributed by atoms with Crippen LogP contribution in [-0.2, 0) is 16.1 Å². The summed E-state index contributed by atoms with van der Waals surface area (Å²) >= 11 is 0. The molecule has 1 aromatic carbocycles. The van der Waals surface area contributed by atoms with Crippen molar-refractivity contribution in [2.75, 3.05) is 26.2 Å². The number of aliphatic hydroxyl groups is 1. The molecule has 2 N–H and O–H groups in total. The number of halogens is 1. The Kier molecular flexibility index (Phi) is 8.41. The largest absolute Gasteiger partial charge is 0.394 e. The van der Waals surface area contributed by atoms with Gasteiger partial charge in [-0.15, -0.1) is 5.10 Å². The Balaban J connectivity index is 1.21. The summed E-state index contributed by atoms with van der Waals surface area (Å²) < 4.78 is 21.3. The van der Waals surface area contributed by atoms with Gasteiger partial charge in [-0.25, -0.2) is 4.39 Å². The monoisotopic (exact) mass is 459 g/mol. The maximum Gasteiger partial charge on any atom is 0.221 e. The number of aromatic nitrogens is 3. The number of carbonyl (C=O) groups is 1. The number of ether oxygens (including phenoxy) is 1. The van der Waals surface area contributed by atoms with Gasteiger partial charge in [0.1, 0.15) is 17.6 Å². The molecular formula is C24H34FN5O3. The summed E-state index contributed by atoms with van der Waals surface area (Å²) in [5.41, 5.74) is 1.31. The normalized spacial score (nSPS) is 24.0. The molecule has 8 nitrogen and oxygen atoms in total. The van der Waals surface area contributed by atoms with Crippen molar-refractivity contribution in [2.45, 2.75) is 69.7 Å². The quantitative estimate of drug-likeness (QED) is 0.598. The van der Waals surface area contributed by atoms with Crippen LogP contribution in [0.5, 0.6) is 0 Å². The minimum atomic E-state index is -0.402. The molecule has 0 bridgehead atoms. The molecule has 2 saturated heterocycles. The lowest BCUT2D eigenvalue weighted by Crippen LogP contribution is -2.51. The van der Waals surface area contributed by atoms with Crippen molar-refractivity contribution in [1.29, 1.82) is 0 Å². The molecule has 9 heteroatoms. The third-order valence-electron chi connectivity index (χ3n) is 6.58. The van der Waals surface area contributed by atoms with Gasteiger partial charge in [0, 0.05) is 25.1 Å². The number of piperidine rings is 1. The van der Waals surface area contributed by atoms with Crippen molar-refractivity contribution >= 4 is 5.91 Å². The molecule has 0 spiro atoms. The predicted molar refractivity (Wildman–Crippen MR) is 122 cm³/mol. The summed E-state index contributed by atoms with van der Waals surface area (Å²) in [5, 5.41) is 21.2. The van der Waals surface area contributed by atoms with E-state index in [4.69, 9.17) is 4.74 Å². The van der Waals surface area contributed by atoms with Gasteiger partial charge in [-0.1, -0.05) is 23.8 Å². The molecule has 180 valence electrons. The van der Waals surface area contributed by atoms with Gasteiger partial charge in [0.2, 0.25) is 5.91 Å². The molecule has 0 unspecified atom stereocenters. The first-order valence-corrected chi connectivity index (χ1v) is 12.0. The summed E-state index contributed by atoms with van der Waals surface area (Å²) in [5.74, 6) is -0.278. The highest BCUT2D eigenvalue weighted by atomic mass is 19.1. The van der Waals surface area contributed by atoms with Crippen LogP contribution in [0.2, 0.25) is 0 Å². The van der Waals surface area contributed by atoms with Crippen LogP contribution >= 0.6 is 0 Å². The Morgan fingerprint density at radius 2 is 2.06 bits per heavy atom. The number of aryl methyl sites for hydroxylation is 1. The number of hydrogen-bond acceptors (Lipinski definition) is 6. The number of rotatable bonds is 9. The molecule has 2 aliphatic heterocycles. The number of benzene rings is 1. The highest BCUT2D eigenvalue weighted by Gasteiger charge is 2.31. The maximum absolute atomic E-state index is 13.4. The maximum atomic E-state index is 13.4. The number of carbonyl (C=O) groups excluding carboxylic acids is 1. The molecule has 2 aromatic rings. The Bertz CT molecular complexity index is 902. The Hall–Kier alpha value is -2.36. The summed E-state index contributed by atoms with van der Waals surface area (Å²) in [6, 6.07) is 6.12. The van der Waals surface area contributed by atoms with Gasteiger partial charge in [-0.2, -0.15) is 0 Å². The topological polar surface area (TPSA) is 92.5 Å². The van der Waals surface area contributed by atoms with E-state index in [1.165, 1.54) is 31.4 Å². The average Bonchev–Trinajstić information content (AvgIpc) is 3.32. The van der Waals surface area contributed by atoms with E-state index in [1.807, 2.05) is 0 Å². The summed E-state index contributed by atoms with van der Waals surface area (Å²) in [7, 11) is 0. The first-order chi connectivity index (χ1) is 16.1. The summed E-state index contributed by atoms with van der Waals surface area (Å²) in [4.78, 5) is 14.8. The number of hydrogen-bond donors (Lipinski definition) is 2. The van der Waals surface area contributed by atoms with Crippen LogP contribution in [0.3, 0.4) is 0 Å². The lowest BCUT2D eigenvalue weighted by Gasteiger charge is -2.36. The first-order valence-electron chi connectivity index (χ1n) is 12.0. The molecule has 0 aliphatic carbocycles. The molecule has 0 radical (unpaired) electrons. The van der Waals surface area contributed by atoms with E-state index in [2.05, 4.69) is 20.5 Å². The zero-order valence-corrected chi connectivity index (χ0v) is 19.0. The highest BCUT2D eigenvalue weighted by molar-refractivity contribution is 5.76. The van der Waals surface area contributed by atoms with Gasteiger partial charge in [0.25, 0.3) is 0 Å². The summed E-state index contributed by atoms with van der Waals surface area (Å²) in [6.45, 7) is 3.44. The van der Waals surface area contributed by atoms with Gasteiger partial charge in [0.05, 0.1) is 24.9 Å². The summed E-state index contributed by atoms with van der Waals surface area (Å²) in [6.07, 6.45) is 7.87. The third-order valence-corrected chi connectivity index (χ3v) is 6.58.